The van der Waals surface area contributed by atoms with E-state index in [1.54, 1.807) is 24.8 Å². The lowest BCUT2D eigenvalue weighted by Gasteiger charge is -1.70. The van der Waals surface area contributed by atoms with Crippen LogP contribution in [-0.2, 0) is 0 Å². The summed E-state index contributed by atoms with van der Waals surface area (Å²) >= 11 is 0. The molecule has 4 nitrogen and oxygen atoms in total. The predicted molar refractivity (Wildman–Crippen MR) is 59.8 cm³/mol. The van der Waals surface area contributed by atoms with Crippen LogP contribution >= 0.6 is 0 Å². The van der Waals surface area contributed by atoms with Crippen molar-refractivity contribution in [2.75, 3.05) is 0 Å². The van der Waals surface area contributed by atoms with Crippen LogP contribution in [0.4, 0.5) is 4.32 Å². The van der Waals surface area contributed by atoms with Crippen molar-refractivity contribution >= 4 is 7.40 Å². The minimum absolute atomic E-state index is 1.75. The number of hydrogen-bond acceptors (Lipinski definition) is 4. The van der Waals surface area contributed by atoms with E-state index in [4.69, 9.17) is 10.0 Å². The smallest absolute Gasteiger partial charge is 0.398 e. The molecule has 0 bridgehead atoms. The van der Waals surface area contributed by atoms with Gasteiger partial charge in [0, 0.05) is 24.8 Å². The fourth-order valence-corrected chi connectivity index (χ4v) is 0.625. The van der Waals surface area contributed by atoms with Gasteiger partial charge in [-0.15, -0.1) is 0 Å². The molecule has 0 radical (unpaired) electrons. The Morgan fingerprint density at radius 1 is 0.688 bits per heavy atom. The van der Waals surface area contributed by atoms with Crippen molar-refractivity contribution in [2.45, 2.75) is 0 Å². The average molecular weight is 222 g/mol. The molecule has 2 heterocycles. The Morgan fingerprint density at radius 2 is 0.938 bits per heavy atom. The van der Waals surface area contributed by atoms with E-state index in [1.165, 1.54) is 0 Å². The van der Waals surface area contributed by atoms with Crippen molar-refractivity contribution in [3.63, 3.8) is 0 Å². The molecule has 0 aliphatic rings. The standard InChI is InChI=1S/2C5H5N.BFH2O2/c2*1-2-4-6-5-3-1;2-1(3)4/h2*1-5H;3-4H. The van der Waals surface area contributed by atoms with Crippen molar-refractivity contribution in [3.8, 4) is 0 Å². The zero-order valence-electron chi connectivity index (χ0n) is 8.52. The Bertz CT molecular complexity index is 236. The summed E-state index contributed by atoms with van der Waals surface area (Å²) in [6.45, 7) is 0. The largest absolute Gasteiger partial charge is 0.674 e. The van der Waals surface area contributed by atoms with E-state index in [1.807, 2.05) is 36.4 Å². The number of pyridine rings is 2. The Balaban J connectivity index is 0.000000217. The summed E-state index contributed by atoms with van der Waals surface area (Å²) < 4.78 is 10.1. The average Bonchev–Trinajstić information content (AvgIpc) is 2.34. The van der Waals surface area contributed by atoms with Gasteiger partial charge in [-0.25, -0.2) is 0 Å². The first kappa shape index (κ1) is 14.2. The van der Waals surface area contributed by atoms with Gasteiger partial charge in [0.15, 0.2) is 0 Å². The summed E-state index contributed by atoms with van der Waals surface area (Å²) in [5, 5.41) is 13.9. The first-order valence-corrected chi connectivity index (χ1v) is 4.43. The normalized spacial score (nSPS) is 7.69. The summed E-state index contributed by atoms with van der Waals surface area (Å²) in [7, 11) is -2.67. The van der Waals surface area contributed by atoms with Crippen LogP contribution in [0.15, 0.2) is 61.2 Å². The number of rotatable bonds is 0. The van der Waals surface area contributed by atoms with E-state index in [-0.39, 0.29) is 0 Å². The van der Waals surface area contributed by atoms with Crippen LogP contribution in [0, 0.1) is 0 Å². The van der Waals surface area contributed by atoms with Gasteiger partial charge in [-0.2, -0.15) is 0 Å². The molecule has 2 rings (SSSR count). The third-order valence-corrected chi connectivity index (χ3v) is 1.13. The lowest BCUT2D eigenvalue weighted by atomic mass is 10.3. The van der Waals surface area contributed by atoms with E-state index < -0.39 is 7.40 Å². The molecule has 0 fully saturated rings. The van der Waals surface area contributed by atoms with Crippen molar-refractivity contribution in [1.29, 1.82) is 0 Å². The molecule has 0 amide bonds. The van der Waals surface area contributed by atoms with Crippen molar-refractivity contribution in [1.82, 2.24) is 9.97 Å². The fraction of sp³-hybridized carbons (Fsp3) is 0. The van der Waals surface area contributed by atoms with Gasteiger partial charge in [-0.3, -0.25) is 14.3 Å². The molecule has 0 aromatic carbocycles. The third kappa shape index (κ3) is 14.7. The van der Waals surface area contributed by atoms with Crippen LogP contribution in [0.1, 0.15) is 0 Å². The van der Waals surface area contributed by atoms with Gasteiger partial charge in [0.05, 0.1) is 0 Å². The van der Waals surface area contributed by atoms with Crippen molar-refractivity contribution < 1.29 is 14.4 Å². The molecule has 0 saturated carbocycles. The Labute approximate surface area is 93.6 Å². The Morgan fingerprint density at radius 3 is 1.00 bits per heavy atom. The highest BCUT2D eigenvalue weighted by atomic mass is 19.1. The quantitative estimate of drug-likeness (QED) is 0.654. The summed E-state index contributed by atoms with van der Waals surface area (Å²) in [5.74, 6) is 0. The summed E-state index contributed by atoms with van der Waals surface area (Å²) in [4.78, 5) is 7.57. The monoisotopic (exact) mass is 222 g/mol. The van der Waals surface area contributed by atoms with Gasteiger partial charge in [0.25, 0.3) is 0 Å². The minimum atomic E-state index is -2.67. The van der Waals surface area contributed by atoms with Crippen LogP contribution in [0.3, 0.4) is 0 Å². The molecule has 2 aromatic rings. The summed E-state index contributed by atoms with van der Waals surface area (Å²) in [5.41, 5.74) is 0. The lowest BCUT2D eigenvalue weighted by Crippen LogP contribution is -1.98. The summed E-state index contributed by atoms with van der Waals surface area (Å²) in [6.07, 6.45) is 7.00. The molecule has 6 heteroatoms. The number of halogens is 1. The van der Waals surface area contributed by atoms with Crippen molar-refractivity contribution in [3.05, 3.63) is 61.2 Å². The maximum absolute atomic E-state index is 10.1. The van der Waals surface area contributed by atoms with Gasteiger partial charge >= 0.3 is 7.40 Å². The number of hydrogen-bond donors (Lipinski definition) is 2. The van der Waals surface area contributed by atoms with E-state index in [9.17, 15) is 4.32 Å². The highest BCUT2D eigenvalue weighted by Crippen LogP contribution is 1.74. The molecular formula is C10H12BFN2O2. The first-order chi connectivity index (χ1) is 7.73. The Hall–Kier alpha value is -1.79. The molecular weight excluding hydrogens is 210 g/mol. The molecule has 2 aromatic heterocycles. The van der Waals surface area contributed by atoms with Crippen molar-refractivity contribution in [2.24, 2.45) is 0 Å². The van der Waals surface area contributed by atoms with E-state index in [0.717, 1.165) is 0 Å². The van der Waals surface area contributed by atoms with Crippen LogP contribution < -0.4 is 0 Å². The molecule has 0 aliphatic heterocycles. The van der Waals surface area contributed by atoms with Gasteiger partial charge in [-0.1, -0.05) is 12.1 Å². The number of aromatic nitrogens is 2. The van der Waals surface area contributed by atoms with Crippen LogP contribution in [0.5, 0.6) is 0 Å². The first-order valence-electron chi connectivity index (χ1n) is 4.43. The summed E-state index contributed by atoms with van der Waals surface area (Å²) in [6, 6.07) is 11.4. The zero-order chi connectivity index (χ0) is 12.1. The van der Waals surface area contributed by atoms with E-state index in [0.29, 0.717) is 0 Å². The second-order valence-electron chi connectivity index (χ2n) is 2.36. The molecule has 0 saturated heterocycles. The highest BCUT2D eigenvalue weighted by molar-refractivity contribution is 6.31. The zero-order valence-corrected chi connectivity index (χ0v) is 8.52. The van der Waals surface area contributed by atoms with Crippen LogP contribution in [-0.4, -0.2) is 27.4 Å². The topological polar surface area (TPSA) is 66.2 Å². The minimum Gasteiger partial charge on any atom is -0.398 e. The van der Waals surface area contributed by atoms with Gasteiger partial charge in [0.2, 0.25) is 0 Å². The van der Waals surface area contributed by atoms with Gasteiger partial charge < -0.3 is 10.0 Å². The molecule has 0 unspecified atom stereocenters. The lowest BCUT2D eigenvalue weighted by molar-refractivity contribution is 0.340. The number of nitrogens with zero attached hydrogens (tertiary/aromatic N) is 2. The van der Waals surface area contributed by atoms with E-state index in [2.05, 4.69) is 9.97 Å². The molecule has 2 N–H and O–H groups in total. The predicted octanol–water partition coefficient (Wildman–Crippen LogP) is 1.09. The maximum Gasteiger partial charge on any atom is 0.674 e. The molecule has 16 heavy (non-hydrogen) atoms. The van der Waals surface area contributed by atoms with Gasteiger partial charge in [-0.05, 0) is 24.3 Å². The SMILES string of the molecule is OB(O)F.c1ccncc1.c1ccncc1. The molecule has 0 spiro atoms. The Kier molecular flexibility index (Phi) is 10.0. The second-order valence-corrected chi connectivity index (χ2v) is 2.36. The van der Waals surface area contributed by atoms with Gasteiger partial charge in [0.1, 0.15) is 0 Å². The maximum atomic E-state index is 10.1. The van der Waals surface area contributed by atoms with E-state index >= 15 is 0 Å². The molecule has 0 aliphatic carbocycles. The highest BCUT2D eigenvalue weighted by Gasteiger charge is 1.97. The van der Waals surface area contributed by atoms with Crippen LogP contribution in [0.2, 0.25) is 0 Å². The molecule has 84 valence electrons. The molecule has 0 atom stereocenters. The van der Waals surface area contributed by atoms with Crippen LogP contribution in [0.25, 0.3) is 0 Å². The fourth-order valence-electron chi connectivity index (χ4n) is 0.625. The second kappa shape index (κ2) is 11.3. The third-order valence-electron chi connectivity index (χ3n) is 1.13.